The average molecular weight is 448 g/mol. The van der Waals surface area contributed by atoms with Gasteiger partial charge in [0.15, 0.2) is 0 Å². The molecular formula is C25H29N5O3. The van der Waals surface area contributed by atoms with Gasteiger partial charge in [-0.1, -0.05) is 30.7 Å². The van der Waals surface area contributed by atoms with Gasteiger partial charge >= 0.3 is 5.69 Å². The zero-order valence-corrected chi connectivity index (χ0v) is 19.7. The molecule has 0 aliphatic heterocycles. The Hall–Kier alpha value is -3.68. The largest absolute Gasteiger partial charge is 0.352 e. The molecule has 0 unspecified atom stereocenters. The Balaban J connectivity index is 1.99. The van der Waals surface area contributed by atoms with Crippen LogP contribution in [0.25, 0.3) is 16.7 Å². The summed E-state index contributed by atoms with van der Waals surface area (Å²) in [4.78, 5) is 39.4. The Kier molecular flexibility index (Phi) is 5.93. The molecular weight excluding hydrogens is 418 g/mol. The Morgan fingerprint density at radius 1 is 1.09 bits per heavy atom. The fourth-order valence-corrected chi connectivity index (χ4v) is 4.06. The fraction of sp³-hybridized carbons (Fsp3) is 0.360. The van der Waals surface area contributed by atoms with Gasteiger partial charge in [-0.05, 0) is 63.4 Å². The van der Waals surface area contributed by atoms with Crippen molar-refractivity contribution >= 4 is 22.6 Å². The van der Waals surface area contributed by atoms with Crippen molar-refractivity contribution in [3.8, 4) is 0 Å². The first kappa shape index (κ1) is 22.5. The smallest absolute Gasteiger partial charge is 0.350 e. The van der Waals surface area contributed by atoms with Crippen LogP contribution in [0, 0.1) is 13.8 Å². The maximum atomic E-state index is 13.5. The SMILES string of the molecule is CCCn1c(=O)c2ccc(C(=O)NC(C)C)cc2n2c(=O)n(Cc3cc(C)ccc3C)nc12. The summed E-state index contributed by atoms with van der Waals surface area (Å²) < 4.78 is 4.38. The van der Waals surface area contributed by atoms with E-state index in [-0.39, 0.29) is 29.0 Å². The van der Waals surface area contributed by atoms with Gasteiger partial charge in [0, 0.05) is 18.2 Å². The van der Waals surface area contributed by atoms with E-state index in [4.69, 9.17) is 0 Å². The van der Waals surface area contributed by atoms with E-state index in [0.29, 0.717) is 36.0 Å². The quantitative estimate of drug-likeness (QED) is 0.492. The summed E-state index contributed by atoms with van der Waals surface area (Å²) in [6, 6.07) is 10.9. The van der Waals surface area contributed by atoms with Crippen molar-refractivity contribution in [1.82, 2.24) is 24.1 Å². The second-order valence-electron chi connectivity index (χ2n) is 8.82. The van der Waals surface area contributed by atoms with E-state index in [9.17, 15) is 14.4 Å². The van der Waals surface area contributed by atoms with Gasteiger partial charge in [-0.2, -0.15) is 0 Å². The van der Waals surface area contributed by atoms with E-state index in [0.717, 1.165) is 16.7 Å². The third kappa shape index (κ3) is 4.08. The van der Waals surface area contributed by atoms with Gasteiger partial charge in [-0.3, -0.25) is 14.2 Å². The summed E-state index contributed by atoms with van der Waals surface area (Å²) in [5.41, 5.74) is 3.36. The van der Waals surface area contributed by atoms with E-state index in [1.54, 1.807) is 18.2 Å². The highest BCUT2D eigenvalue weighted by Gasteiger charge is 2.19. The molecule has 0 atom stereocenters. The lowest BCUT2D eigenvalue weighted by atomic mass is 10.1. The second-order valence-corrected chi connectivity index (χ2v) is 8.82. The van der Waals surface area contributed by atoms with Crippen molar-refractivity contribution in [1.29, 1.82) is 0 Å². The molecule has 0 aliphatic carbocycles. The maximum absolute atomic E-state index is 13.5. The molecule has 0 saturated carbocycles. The third-order valence-corrected chi connectivity index (χ3v) is 5.73. The molecule has 0 spiro atoms. The van der Waals surface area contributed by atoms with Crippen LogP contribution in [-0.2, 0) is 13.1 Å². The Morgan fingerprint density at radius 2 is 1.85 bits per heavy atom. The summed E-state index contributed by atoms with van der Waals surface area (Å²) in [5.74, 6) is 0.0275. The Morgan fingerprint density at radius 3 is 2.55 bits per heavy atom. The molecule has 4 aromatic rings. The number of carbonyl (C=O) groups excluding carboxylic acids is 1. The van der Waals surface area contributed by atoms with Gasteiger partial charge in [0.2, 0.25) is 5.78 Å². The summed E-state index contributed by atoms with van der Waals surface area (Å²) >= 11 is 0. The zero-order chi connectivity index (χ0) is 23.9. The molecule has 2 aromatic heterocycles. The predicted molar refractivity (Wildman–Crippen MR) is 129 cm³/mol. The van der Waals surface area contributed by atoms with E-state index >= 15 is 0 Å². The van der Waals surface area contributed by atoms with Crippen LogP contribution < -0.4 is 16.6 Å². The molecule has 1 N–H and O–H groups in total. The molecule has 33 heavy (non-hydrogen) atoms. The maximum Gasteiger partial charge on any atom is 0.352 e. The summed E-state index contributed by atoms with van der Waals surface area (Å²) in [6.07, 6.45) is 0.716. The first-order valence-electron chi connectivity index (χ1n) is 11.2. The van der Waals surface area contributed by atoms with Crippen LogP contribution in [0.15, 0.2) is 46.0 Å². The molecule has 0 saturated heterocycles. The number of benzene rings is 2. The van der Waals surface area contributed by atoms with Gasteiger partial charge in [0.25, 0.3) is 11.5 Å². The molecule has 172 valence electrons. The summed E-state index contributed by atoms with van der Waals surface area (Å²) in [6.45, 7) is 10.5. The molecule has 4 rings (SSSR count). The molecule has 0 aliphatic rings. The zero-order valence-electron chi connectivity index (χ0n) is 19.7. The van der Waals surface area contributed by atoms with Crippen LogP contribution in [0.5, 0.6) is 0 Å². The van der Waals surface area contributed by atoms with Crippen molar-refractivity contribution in [2.75, 3.05) is 0 Å². The normalized spacial score (nSPS) is 11.6. The minimum Gasteiger partial charge on any atom is -0.350 e. The van der Waals surface area contributed by atoms with Crippen LogP contribution in [0.4, 0.5) is 0 Å². The lowest BCUT2D eigenvalue weighted by Crippen LogP contribution is -2.30. The van der Waals surface area contributed by atoms with E-state index in [1.807, 2.05) is 52.8 Å². The van der Waals surface area contributed by atoms with E-state index in [2.05, 4.69) is 10.4 Å². The lowest BCUT2D eigenvalue weighted by Gasteiger charge is -2.11. The standard InChI is InChI=1S/C25H29N5O3/c1-6-11-28-23(32)20-10-9-18(22(31)26-15(2)3)13-21(20)30-24(28)27-29(25(30)33)14-19-12-16(4)7-8-17(19)5/h7-10,12-13,15H,6,11,14H2,1-5H3,(H,26,31). The minimum absolute atomic E-state index is 0.0335. The third-order valence-electron chi connectivity index (χ3n) is 5.73. The summed E-state index contributed by atoms with van der Waals surface area (Å²) in [7, 11) is 0. The number of nitrogens with one attached hydrogen (secondary N) is 1. The molecule has 2 aromatic carbocycles. The monoisotopic (exact) mass is 447 g/mol. The summed E-state index contributed by atoms with van der Waals surface area (Å²) in [5, 5.41) is 7.79. The van der Waals surface area contributed by atoms with Gasteiger partial charge in [-0.25, -0.2) is 13.9 Å². The van der Waals surface area contributed by atoms with Crippen LogP contribution in [0.2, 0.25) is 0 Å². The van der Waals surface area contributed by atoms with Gasteiger partial charge < -0.3 is 5.32 Å². The van der Waals surface area contributed by atoms with Gasteiger partial charge in [-0.15, -0.1) is 5.10 Å². The number of nitrogens with zero attached hydrogens (tertiary/aromatic N) is 4. The van der Waals surface area contributed by atoms with Crippen molar-refractivity contribution in [3.63, 3.8) is 0 Å². The van der Waals surface area contributed by atoms with Crippen molar-refractivity contribution in [3.05, 3.63) is 79.5 Å². The molecule has 0 fully saturated rings. The molecule has 1 amide bonds. The number of rotatable bonds is 6. The number of hydrogen-bond acceptors (Lipinski definition) is 4. The van der Waals surface area contributed by atoms with Crippen LogP contribution in [0.3, 0.4) is 0 Å². The van der Waals surface area contributed by atoms with Crippen LogP contribution >= 0.6 is 0 Å². The lowest BCUT2D eigenvalue weighted by molar-refractivity contribution is 0.0943. The molecule has 2 heterocycles. The van der Waals surface area contributed by atoms with Gasteiger partial charge in [0.1, 0.15) is 0 Å². The second kappa shape index (κ2) is 8.69. The van der Waals surface area contributed by atoms with Crippen molar-refractivity contribution in [2.45, 2.75) is 60.2 Å². The fourth-order valence-electron chi connectivity index (χ4n) is 4.06. The number of fused-ring (bicyclic) bond motifs is 3. The van der Waals surface area contributed by atoms with Crippen LogP contribution in [0.1, 0.15) is 54.2 Å². The highest BCUT2D eigenvalue weighted by Crippen LogP contribution is 2.16. The number of amides is 1. The predicted octanol–water partition coefficient (Wildman–Crippen LogP) is 3.02. The highest BCUT2D eigenvalue weighted by molar-refractivity contribution is 5.98. The topological polar surface area (TPSA) is 90.4 Å². The first-order valence-corrected chi connectivity index (χ1v) is 11.2. The van der Waals surface area contributed by atoms with Gasteiger partial charge in [0.05, 0.1) is 17.4 Å². The highest BCUT2D eigenvalue weighted by atomic mass is 16.2. The van der Waals surface area contributed by atoms with E-state index in [1.165, 1.54) is 13.6 Å². The molecule has 8 nitrogen and oxygen atoms in total. The van der Waals surface area contributed by atoms with Crippen molar-refractivity contribution < 1.29 is 4.79 Å². The average Bonchev–Trinajstić information content (AvgIpc) is 3.09. The molecule has 0 bridgehead atoms. The van der Waals surface area contributed by atoms with Crippen molar-refractivity contribution in [2.24, 2.45) is 0 Å². The number of aromatic nitrogens is 4. The Labute approximate surface area is 191 Å². The molecule has 0 radical (unpaired) electrons. The number of hydrogen-bond donors (Lipinski definition) is 1. The number of carbonyl (C=O) groups is 1. The van der Waals surface area contributed by atoms with Crippen LogP contribution in [-0.4, -0.2) is 30.7 Å². The molecule has 8 heteroatoms. The minimum atomic E-state index is -0.345. The number of aryl methyl sites for hydroxylation is 3. The first-order chi connectivity index (χ1) is 15.7. The van der Waals surface area contributed by atoms with E-state index < -0.39 is 0 Å². The Bertz CT molecular complexity index is 1490.